The highest BCUT2D eigenvalue weighted by Crippen LogP contribution is 2.20. The number of benzene rings is 2. The molecule has 2 amide bonds. The van der Waals surface area contributed by atoms with Gasteiger partial charge in [-0.2, -0.15) is 0 Å². The highest BCUT2D eigenvalue weighted by atomic mass is 16.2. The van der Waals surface area contributed by atoms with E-state index in [1.165, 1.54) is 13.2 Å². The monoisotopic (exact) mass is 347 g/mol. The van der Waals surface area contributed by atoms with Gasteiger partial charge in [0.25, 0.3) is 11.8 Å². The first-order valence-electron chi connectivity index (χ1n) is 7.90. The molecule has 0 aliphatic carbocycles. The number of carbonyl (C=O) groups is 2. The molecule has 0 unspecified atom stereocenters. The molecule has 0 atom stereocenters. The summed E-state index contributed by atoms with van der Waals surface area (Å²) in [4.78, 5) is 32.6. The third-order valence-electron chi connectivity index (χ3n) is 3.70. The average molecular weight is 347 g/mol. The van der Waals surface area contributed by atoms with Crippen LogP contribution in [0.5, 0.6) is 0 Å². The molecular weight excluding hydrogens is 330 g/mol. The van der Waals surface area contributed by atoms with Crippen LogP contribution >= 0.6 is 0 Å². The van der Waals surface area contributed by atoms with E-state index in [0.717, 1.165) is 0 Å². The molecule has 0 fully saturated rings. The Kier molecular flexibility index (Phi) is 4.89. The van der Waals surface area contributed by atoms with E-state index >= 15 is 0 Å². The van der Waals surface area contributed by atoms with E-state index in [4.69, 9.17) is 5.73 Å². The van der Waals surface area contributed by atoms with Gasteiger partial charge in [0.2, 0.25) is 0 Å². The fraction of sp³-hybridized carbons (Fsp3) is 0.0526. The minimum atomic E-state index is -0.421. The number of amides is 2. The first-order valence-corrected chi connectivity index (χ1v) is 7.90. The second-order valence-electron chi connectivity index (χ2n) is 5.47. The SMILES string of the molecule is CNC(=O)c1nc(-c2cccc(C(=O)Nc3ccccc3)c2)cnc1N. The molecule has 1 aromatic heterocycles. The molecule has 4 N–H and O–H groups in total. The number of anilines is 2. The molecule has 2 aromatic carbocycles. The van der Waals surface area contributed by atoms with Crippen LogP contribution in [0.25, 0.3) is 11.3 Å². The minimum absolute atomic E-state index is 0.0455. The summed E-state index contributed by atoms with van der Waals surface area (Å²) in [5.41, 5.74) is 8.03. The second-order valence-corrected chi connectivity index (χ2v) is 5.47. The maximum Gasteiger partial charge on any atom is 0.273 e. The minimum Gasteiger partial charge on any atom is -0.382 e. The summed E-state index contributed by atoms with van der Waals surface area (Å²) in [6.07, 6.45) is 1.47. The lowest BCUT2D eigenvalue weighted by Gasteiger charge is -2.08. The molecule has 7 heteroatoms. The van der Waals surface area contributed by atoms with Crippen molar-refractivity contribution in [3.63, 3.8) is 0 Å². The largest absolute Gasteiger partial charge is 0.382 e. The maximum atomic E-state index is 12.4. The zero-order valence-corrected chi connectivity index (χ0v) is 14.1. The van der Waals surface area contributed by atoms with Crippen LogP contribution in [0.2, 0.25) is 0 Å². The normalized spacial score (nSPS) is 10.2. The Labute approximate surface area is 150 Å². The van der Waals surface area contributed by atoms with Gasteiger partial charge in [0.1, 0.15) is 0 Å². The molecule has 0 bridgehead atoms. The van der Waals surface area contributed by atoms with Crippen molar-refractivity contribution in [3.8, 4) is 11.3 Å². The molecule has 3 aromatic rings. The number of nitrogens with one attached hydrogen (secondary N) is 2. The first-order chi connectivity index (χ1) is 12.6. The summed E-state index contributed by atoms with van der Waals surface area (Å²) >= 11 is 0. The predicted octanol–water partition coefficient (Wildman–Crippen LogP) is 2.34. The second kappa shape index (κ2) is 7.43. The molecule has 3 rings (SSSR count). The van der Waals surface area contributed by atoms with Gasteiger partial charge in [-0.1, -0.05) is 30.3 Å². The summed E-state index contributed by atoms with van der Waals surface area (Å²) in [6, 6.07) is 16.1. The number of carbonyl (C=O) groups excluding carboxylic acids is 2. The van der Waals surface area contributed by atoms with E-state index in [1.807, 2.05) is 30.3 Å². The van der Waals surface area contributed by atoms with E-state index in [0.29, 0.717) is 22.5 Å². The smallest absolute Gasteiger partial charge is 0.273 e. The molecule has 1 heterocycles. The van der Waals surface area contributed by atoms with E-state index in [-0.39, 0.29) is 17.4 Å². The third kappa shape index (κ3) is 3.67. The molecule has 0 aliphatic rings. The molecule has 0 saturated heterocycles. The van der Waals surface area contributed by atoms with Gasteiger partial charge in [0.05, 0.1) is 11.9 Å². The van der Waals surface area contributed by atoms with Crippen LogP contribution in [0.3, 0.4) is 0 Å². The summed E-state index contributed by atoms with van der Waals surface area (Å²) in [7, 11) is 1.49. The molecule has 0 saturated carbocycles. The number of hydrogen-bond donors (Lipinski definition) is 3. The summed E-state index contributed by atoms with van der Waals surface area (Å²) in [5, 5.41) is 5.30. The zero-order chi connectivity index (χ0) is 18.5. The lowest BCUT2D eigenvalue weighted by molar-refractivity contribution is 0.0958. The van der Waals surface area contributed by atoms with E-state index in [9.17, 15) is 9.59 Å². The van der Waals surface area contributed by atoms with Gasteiger partial charge in [-0.05, 0) is 24.3 Å². The van der Waals surface area contributed by atoms with Gasteiger partial charge in [-0.25, -0.2) is 9.97 Å². The van der Waals surface area contributed by atoms with Crippen molar-refractivity contribution in [1.82, 2.24) is 15.3 Å². The van der Waals surface area contributed by atoms with Crippen molar-refractivity contribution in [2.24, 2.45) is 0 Å². The number of nitrogen functional groups attached to an aromatic ring is 1. The third-order valence-corrected chi connectivity index (χ3v) is 3.70. The van der Waals surface area contributed by atoms with Gasteiger partial charge < -0.3 is 16.4 Å². The maximum absolute atomic E-state index is 12.4. The van der Waals surface area contributed by atoms with Crippen molar-refractivity contribution in [2.75, 3.05) is 18.1 Å². The lowest BCUT2D eigenvalue weighted by atomic mass is 10.1. The highest BCUT2D eigenvalue weighted by Gasteiger charge is 2.14. The van der Waals surface area contributed by atoms with E-state index in [1.54, 1.807) is 24.3 Å². The van der Waals surface area contributed by atoms with Crippen molar-refractivity contribution < 1.29 is 9.59 Å². The van der Waals surface area contributed by atoms with Crippen LogP contribution < -0.4 is 16.4 Å². The Hall–Kier alpha value is -3.74. The van der Waals surface area contributed by atoms with Crippen LogP contribution in [-0.2, 0) is 0 Å². The number of hydrogen-bond acceptors (Lipinski definition) is 5. The highest BCUT2D eigenvalue weighted by molar-refractivity contribution is 6.05. The van der Waals surface area contributed by atoms with E-state index in [2.05, 4.69) is 20.6 Å². The standard InChI is InChI=1S/C19H17N5O2/c1-21-19(26)16-17(20)22-11-15(24-16)12-6-5-7-13(10-12)18(25)23-14-8-3-2-4-9-14/h2-11H,1H3,(H2,20,22)(H,21,26)(H,23,25). The average Bonchev–Trinajstić information content (AvgIpc) is 2.68. The van der Waals surface area contributed by atoms with Crippen LogP contribution in [0, 0.1) is 0 Å². The van der Waals surface area contributed by atoms with Crippen molar-refractivity contribution >= 4 is 23.3 Å². The quantitative estimate of drug-likeness (QED) is 0.671. The van der Waals surface area contributed by atoms with E-state index < -0.39 is 5.91 Å². The van der Waals surface area contributed by atoms with Crippen molar-refractivity contribution in [2.45, 2.75) is 0 Å². The Morgan fingerprint density at radius 2 is 1.77 bits per heavy atom. The summed E-state index contributed by atoms with van der Waals surface area (Å²) in [5.74, 6) is -0.617. The van der Waals surface area contributed by atoms with Gasteiger partial charge in [-0.15, -0.1) is 0 Å². The fourth-order valence-electron chi connectivity index (χ4n) is 2.37. The van der Waals surface area contributed by atoms with Gasteiger partial charge in [0, 0.05) is 23.9 Å². The van der Waals surface area contributed by atoms with Crippen LogP contribution in [-0.4, -0.2) is 28.8 Å². The Morgan fingerprint density at radius 3 is 2.50 bits per heavy atom. The Balaban J connectivity index is 1.90. The molecular formula is C19H17N5O2. The number of aromatic nitrogens is 2. The van der Waals surface area contributed by atoms with Crippen LogP contribution in [0.1, 0.15) is 20.8 Å². The van der Waals surface area contributed by atoms with Gasteiger partial charge in [0.15, 0.2) is 11.5 Å². The summed E-state index contributed by atoms with van der Waals surface area (Å²) in [6.45, 7) is 0. The summed E-state index contributed by atoms with van der Waals surface area (Å²) < 4.78 is 0. The van der Waals surface area contributed by atoms with Crippen molar-refractivity contribution in [1.29, 1.82) is 0 Å². The van der Waals surface area contributed by atoms with Gasteiger partial charge >= 0.3 is 0 Å². The number of nitrogens with zero attached hydrogens (tertiary/aromatic N) is 2. The van der Waals surface area contributed by atoms with Crippen molar-refractivity contribution in [3.05, 3.63) is 72.1 Å². The molecule has 130 valence electrons. The Bertz CT molecular complexity index is 957. The Morgan fingerprint density at radius 1 is 1.00 bits per heavy atom. The number of para-hydroxylation sites is 1. The molecule has 0 spiro atoms. The van der Waals surface area contributed by atoms with Crippen LogP contribution in [0.15, 0.2) is 60.8 Å². The topological polar surface area (TPSA) is 110 Å². The number of nitrogens with two attached hydrogens (primary N) is 1. The zero-order valence-electron chi connectivity index (χ0n) is 14.1. The molecule has 26 heavy (non-hydrogen) atoms. The van der Waals surface area contributed by atoms with Gasteiger partial charge in [-0.3, -0.25) is 9.59 Å². The first kappa shape index (κ1) is 17.1. The molecule has 0 radical (unpaired) electrons. The fourth-order valence-corrected chi connectivity index (χ4v) is 2.37. The predicted molar refractivity (Wildman–Crippen MR) is 99.7 cm³/mol. The molecule has 0 aliphatic heterocycles. The van der Waals surface area contributed by atoms with Crippen LogP contribution in [0.4, 0.5) is 11.5 Å². The number of rotatable bonds is 4. The lowest BCUT2D eigenvalue weighted by Crippen LogP contribution is -2.21. The molecule has 7 nitrogen and oxygen atoms in total.